The van der Waals surface area contributed by atoms with E-state index in [1.54, 1.807) is 13.2 Å². The van der Waals surface area contributed by atoms with Crippen molar-refractivity contribution in [3.05, 3.63) is 65.0 Å². The molecule has 0 amide bonds. The van der Waals surface area contributed by atoms with E-state index in [1.807, 2.05) is 25.1 Å². The number of ether oxygens (including phenoxy) is 2. The Bertz CT molecular complexity index is 1100. The fourth-order valence-corrected chi connectivity index (χ4v) is 3.70. The van der Waals surface area contributed by atoms with Gasteiger partial charge in [0.25, 0.3) is 0 Å². The molecule has 2 aromatic carbocycles. The lowest BCUT2D eigenvalue weighted by molar-refractivity contribution is -0.136. The normalized spacial score (nSPS) is 10.6. The number of carbonyl (C=O) groups is 1. The molecule has 2 N–H and O–H groups in total. The zero-order valence-electron chi connectivity index (χ0n) is 18.9. The number of aryl methyl sites for hydroxylation is 2. The molecule has 0 saturated carbocycles. The summed E-state index contributed by atoms with van der Waals surface area (Å²) in [6.45, 7) is 7.17. The van der Waals surface area contributed by atoms with Crippen LogP contribution in [-0.2, 0) is 17.6 Å². The SMILES string of the molecule is CCOc1cc(-c2cc(NCCc3c(C)cc(C)cc3OC)ncn2)ccc1CC(=O)O. The van der Waals surface area contributed by atoms with Gasteiger partial charge in [0.1, 0.15) is 23.6 Å². The number of aromatic nitrogens is 2. The van der Waals surface area contributed by atoms with Crippen molar-refractivity contribution in [1.29, 1.82) is 0 Å². The lowest BCUT2D eigenvalue weighted by atomic mass is 10.0. The quantitative estimate of drug-likeness (QED) is 0.486. The summed E-state index contributed by atoms with van der Waals surface area (Å²) in [5.41, 5.74) is 5.76. The molecule has 32 heavy (non-hydrogen) atoms. The molecule has 7 nitrogen and oxygen atoms in total. The molecule has 0 atom stereocenters. The van der Waals surface area contributed by atoms with Gasteiger partial charge in [-0.05, 0) is 56.0 Å². The van der Waals surface area contributed by atoms with Crippen LogP contribution in [0.1, 0.15) is 29.2 Å². The van der Waals surface area contributed by atoms with Crippen LogP contribution in [0.2, 0.25) is 0 Å². The van der Waals surface area contributed by atoms with E-state index in [-0.39, 0.29) is 6.42 Å². The fourth-order valence-electron chi connectivity index (χ4n) is 3.70. The minimum Gasteiger partial charge on any atom is -0.496 e. The maximum atomic E-state index is 11.1. The van der Waals surface area contributed by atoms with E-state index in [0.29, 0.717) is 30.3 Å². The van der Waals surface area contributed by atoms with E-state index in [4.69, 9.17) is 14.6 Å². The second kappa shape index (κ2) is 10.6. The molecule has 0 aliphatic rings. The Kier molecular flexibility index (Phi) is 7.65. The lowest BCUT2D eigenvalue weighted by Gasteiger charge is -2.14. The average molecular weight is 436 g/mol. The third-order valence-corrected chi connectivity index (χ3v) is 5.15. The molecule has 0 unspecified atom stereocenters. The summed E-state index contributed by atoms with van der Waals surface area (Å²) < 4.78 is 11.2. The van der Waals surface area contributed by atoms with Gasteiger partial charge in [0.2, 0.25) is 0 Å². The Labute approximate surface area is 188 Å². The van der Waals surface area contributed by atoms with Crippen LogP contribution in [-0.4, -0.2) is 41.3 Å². The summed E-state index contributed by atoms with van der Waals surface area (Å²) in [6.07, 6.45) is 2.22. The van der Waals surface area contributed by atoms with Crippen molar-refractivity contribution in [3.8, 4) is 22.8 Å². The molecule has 3 aromatic rings. The number of methoxy groups -OCH3 is 1. The van der Waals surface area contributed by atoms with Gasteiger partial charge in [-0.25, -0.2) is 9.97 Å². The number of carboxylic acid groups (broad SMARTS) is 1. The van der Waals surface area contributed by atoms with Crippen LogP contribution in [0.5, 0.6) is 11.5 Å². The summed E-state index contributed by atoms with van der Waals surface area (Å²) in [7, 11) is 1.69. The lowest BCUT2D eigenvalue weighted by Crippen LogP contribution is -2.09. The van der Waals surface area contributed by atoms with Gasteiger partial charge in [-0.3, -0.25) is 4.79 Å². The molecular weight excluding hydrogens is 406 g/mol. The second-order valence-corrected chi connectivity index (χ2v) is 7.55. The molecule has 0 spiro atoms. The largest absolute Gasteiger partial charge is 0.496 e. The number of aliphatic carboxylic acids is 1. The Morgan fingerprint density at radius 1 is 1.09 bits per heavy atom. The van der Waals surface area contributed by atoms with Crippen LogP contribution in [0.25, 0.3) is 11.3 Å². The average Bonchev–Trinajstić information content (AvgIpc) is 2.76. The maximum Gasteiger partial charge on any atom is 0.307 e. The third-order valence-electron chi connectivity index (χ3n) is 5.15. The third kappa shape index (κ3) is 5.75. The molecule has 0 radical (unpaired) electrons. The van der Waals surface area contributed by atoms with Gasteiger partial charge in [-0.2, -0.15) is 0 Å². The van der Waals surface area contributed by atoms with Gasteiger partial charge < -0.3 is 19.9 Å². The first-order valence-corrected chi connectivity index (χ1v) is 10.6. The molecule has 1 heterocycles. The van der Waals surface area contributed by atoms with E-state index < -0.39 is 5.97 Å². The van der Waals surface area contributed by atoms with Crippen molar-refractivity contribution in [3.63, 3.8) is 0 Å². The molecule has 168 valence electrons. The number of anilines is 1. The Balaban J connectivity index is 1.75. The molecule has 0 fully saturated rings. The summed E-state index contributed by atoms with van der Waals surface area (Å²) >= 11 is 0. The predicted molar refractivity (Wildman–Crippen MR) is 125 cm³/mol. The first-order chi connectivity index (χ1) is 15.4. The molecule has 0 saturated heterocycles. The van der Waals surface area contributed by atoms with E-state index >= 15 is 0 Å². The van der Waals surface area contributed by atoms with Crippen LogP contribution < -0.4 is 14.8 Å². The summed E-state index contributed by atoms with van der Waals surface area (Å²) in [5.74, 6) is 1.28. The van der Waals surface area contributed by atoms with Crippen LogP contribution in [0, 0.1) is 13.8 Å². The summed E-state index contributed by atoms with van der Waals surface area (Å²) in [5, 5.41) is 12.5. The van der Waals surface area contributed by atoms with Gasteiger partial charge in [-0.1, -0.05) is 18.2 Å². The molecule has 3 rings (SSSR count). The van der Waals surface area contributed by atoms with Crippen molar-refractivity contribution in [2.24, 2.45) is 0 Å². The topological polar surface area (TPSA) is 93.6 Å². The summed E-state index contributed by atoms with van der Waals surface area (Å²) in [4.78, 5) is 19.8. The van der Waals surface area contributed by atoms with Crippen molar-refractivity contribution in [2.75, 3.05) is 25.6 Å². The zero-order chi connectivity index (χ0) is 23.1. The van der Waals surface area contributed by atoms with Crippen molar-refractivity contribution >= 4 is 11.8 Å². The van der Waals surface area contributed by atoms with Crippen LogP contribution in [0.4, 0.5) is 5.82 Å². The van der Waals surface area contributed by atoms with E-state index in [2.05, 4.69) is 41.3 Å². The number of benzene rings is 2. The Morgan fingerprint density at radius 2 is 1.91 bits per heavy atom. The Hall–Kier alpha value is -3.61. The van der Waals surface area contributed by atoms with Gasteiger partial charge in [0.15, 0.2) is 0 Å². The maximum absolute atomic E-state index is 11.1. The molecule has 1 aromatic heterocycles. The molecule has 0 aliphatic carbocycles. The van der Waals surface area contributed by atoms with Gasteiger partial charge >= 0.3 is 5.97 Å². The van der Waals surface area contributed by atoms with Crippen molar-refractivity contribution in [1.82, 2.24) is 9.97 Å². The molecular formula is C25H29N3O4. The van der Waals surface area contributed by atoms with E-state index in [1.165, 1.54) is 23.0 Å². The minimum atomic E-state index is -0.896. The highest BCUT2D eigenvalue weighted by Crippen LogP contribution is 2.28. The number of nitrogens with zero attached hydrogens (tertiary/aromatic N) is 2. The van der Waals surface area contributed by atoms with Gasteiger partial charge in [0, 0.05) is 23.7 Å². The highest BCUT2D eigenvalue weighted by atomic mass is 16.5. The number of carboxylic acids is 1. The fraction of sp³-hybridized carbons (Fsp3) is 0.320. The standard InChI is InChI=1S/C25H29N3O4/c1-5-32-22-12-18(6-7-19(22)13-25(29)30)21-14-24(28-15-27-21)26-9-8-20-17(3)10-16(2)11-23(20)31-4/h6-7,10-12,14-15H,5,8-9,13H2,1-4H3,(H,29,30)(H,26,27,28). The molecule has 0 aliphatic heterocycles. The Morgan fingerprint density at radius 3 is 2.62 bits per heavy atom. The molecule has 0 bridgehead atoms. The first-order valence-electron chi connectivity index (χ1n) is 10.6. The smallest absolute Gasteiger partial charge is 0.307 e. The van der Waals surface area contributed by atoms with E-state index in [9.17, 15) is 4.79 Å². The van der Waals surface area contributed by atoms with Crippen LogP contribution in [0.15, 0.2) is 42.7 Å². The van der Waals surface area contributed by atoms with E-state index in [0.717, 1.165) is 23.4 Å². The zero-order valence-corrected chi connectivity index (χ0v) is 18.9. The van der Waals surface area contributed by atoms with Gasteiger partial charge in [-0.15, -0.1) is 0 Å². The second-order valence-electron chi connectivity index (χ2n) is 7.55. The molecule has 7 heteroatoms. The van der Waals surface area contributed by atoms with Crippen LogP contribution >= 0.6 is 0 Å². The number of hydrogen-bond donors (Lipinski definition) is 2. The van der Waals surface area contributed by atoms with Crippen molar-refractivity contribution in [2.45, 2.75) is 33.6 Å². The monoisotopic (exact) mass is 435 g/mol. The first kappa shape index (κ1) is 23.1. The predicted octanol–water partition coefficient (Wildman–Crippen LogP) is 4.45. The van der Waals surface area contributed by atoms with Crippen molar-refractivity contribution < 1.29 is 19.4 Å². The number of nitrogens with one attached hydrogen (secondary N) is 1. The number of rotatable bonds is 10. The van der Waals surface area contributed by atoms with Crippen LogP contribution in [0.3, 0.4) is 0 Å². The minimum absolute atomic E-state index is 0.0892. The number of hydrogen-bond acceptors (Lipinski definition) is 6. The summed E-state index contributed by atoms with van der Waals surface area (Å²) in [6, 6.07) is 11.5. The highest BCUT2D eigenvalue weighted by Gasteiger charge is 2.12. The highest BCUT2D eigenvalue weighted by molar-refractivity contribution is 5.73. The van der Waals surface area contributed by atoms with Gasteiger partial charge in [0.05, 0.1) is 25.8 Å².